The lowest BCUT2D eigenvalue weighted by Crippen LogP contribution is -2.27. The van der Waals surface area contributed by atoms with Crippen molar-refractivity contribution in [1.29, 1.82) is 0 Å². The molecule has 0 radical (unpaired) electrons. The lowest BCUT2D eigenvalue weighted by Gasteiger charge is -2.24. The second-order valence-corrected chi connectivity index (χ2v) is 7.07. The monoisotopic (exact) mass is 347 g/mol. The van der Waals surface area contributed by atoms with E-state index in [0.29, 0.717) is 36.7 Å². The maximum absolute atomic E-state index is 5.85. The Bertz CT molecular complexity index is 795. The average Bonchev–Trinajstić information content (AvgIpc) is 3.36. The summed E-state index contributed by atoms with van der Waals surface area (Å²) in [5, 5.41) is 12.1. The zero-order chi connectivity index (χ0) is 17.6. The third kappa shape index (κ3) is 4.20. The van der Waals surface area contributed by atoms with E-state index in [1.165, 1.54) is 36.8 Å². The van der Waals surface area contributed by atoms with Gasteiger partial charge in [0.1, 0.15) is 0 Å². The molecule has 1 saturated carbocycles. The van der Waals surface area contributed by atoms with Crippen LogP contribution in [0.3, 0.4) is 0 Å². The summed E-state index contributed by atoms with van der Waals surface area (Å²) in [7, 11) is 0. The molecule has 1 aromatic heterocycles. The van der Waals surface area contributed by atoms with E-state index in [4.69, 9.17) is 4.42 Å². The van der Waals surface area contributed by atoms with Crippen molar-refractivity contribution < 1.29 is 4.42 Å². The summed E-state index contributed by atoms with van der Waals surface area (Å²) >= 11 is 0. The summed E-state index contributed by atoms with van der Waals surface area (Å²) in [5.74, 6) is 2.02. The Kier molecular flexibility index (Phi) is 5.41. The van der Waals surface area contributed by atoms with Crippen LogP contribution < -0.4 is 5.32 Å². The molecule has 0 spiro atoms. The fraction of sp³-hybridized carbons (Fsp3) is 0.364. The molecule has 1 aliphatic carbocycles. The van der Waals surface area contributed by atoms with E-state index in [1.807, 2.05) is 18.2 Å². The Labute approximate surface area is 154 Å². The van der Waals surface area contributed by atoms with Gasteiger partial charge in [-0.1, -0.05) is 73.5 Å². The second kappa shape index (κ2) is 8.28. The van der Waals surface area contributed by atoms with Crippen molar-refractivity contribution in [3.8, 4) is 0 Å². The fourth-order valence-corrected chi connectivity index (χ4v) is 3.91. The predicted octanol–water partition coefficient (Wildman–Crippen LogP) is 4.68. The van der Waals surface area contributed by atoms with Crippen molar-refractivity contribution in [3.63, 3.8) is 0 Å². The Morgan fingerprint density at radius 1 is 0.885 bits per heavy atom. The van der Waals surface area contributed by atoms with Crippen LogP contribution in [0.25, 0.3) is 0 Å². The van der Waals surface area contributed by atoms with Gasteiger partial charge in [-0.15, -0.1) is 10.2 Å². The molecular weight excluding hydrogens is 322 g/mol. The quantitative estimate of drug-likeness (QED) is 0.674. The van der Waals surface area contributed by atoms with E-state index >= 15 is 0 Å². The van der Waals surface area contributed by atoms with E-state index < -0.39 is 0 Å². The molecule has 2 aromatic carbocycles. The van der Waals surface area contributed by atoms with Crippen LogP contribution in [-0.4, -0.2) is 10.2 Å². The Balaban J connectivity index is 1.41. The Hall–Kier alpha value is -2.46. The molecule has 0 aliphatic heterocycles. The highest BCUT2D eigenvalue weighted by molar-refractivity contribution is 5.20. The molecule has 0 saturated heterocycles. The molecule has 0 amide bonds. The Morgan fingerprint density at radius 3 is 2.27 bits per heavy atom. The fourth-order valence-electron chi connectivity index (χ4n) is 3.91. The molecule has 1 fully saturated rings. The number of aromatic nitrogens is 2. The molecule has 26 heavy (non-hydrogen) atoms. The van der Waals surface area contributed by atoms with Crippen LogP contribution in [0.2, 0.25) is 0 Å². The lowest BCUT2D eigenvalue weighted by atomic mass is 9.91. The number of hydrogen-bond donors (Lipinski definition) is 1. The molecule has 1 atom stereocenters. The molecule has 1 heterocycles. The second-order valence-electron chi connectivity index (χ2n) is 7.07. The first kappa shape index (κ1) is 17.0. The van der Waals surface area contributed by atoms with Gasteiger partial charge in [0.05, 0.1) is 13.0 Å². The highest BCUT2D eigenvalue weighted by Crippen LogP contribution is 2.35. The summed E-state index contributed by atoms with van der Waals surface area (Å²) in [5.41, 5.74) is 2.53. The summed E-state index contributed by atoms with van der Waals surface area (Å²) in [4.78, 5) is 0. The number of rotatable bonds is 7. The molecule has 4 rings (SSSR count). The van der Waals surface area contributed by atoms with Crippen LogP contribution >= 0.6 is 0 Å². The average molecular weight is 347 g/mol. The third-order valence-corrected chi connectivity index (χ3v) is 5.21. The van der Waals surface area contributed by atoms with Gasteiger partial charge in [-0.2, -0.15) is 0 Å². The normalized spacial score (nSPS) is 16.0. The van der Waals surface area contributed by atoms with E-state index in [-0.39, 0.29) is 0 Å². The molecule has 0 unspecified atom stereocenters. The van der Waals surface area contributed by atoms with E-state index in [9.17, 15) is 0 Å². The van der Waals surface area contributed by atoms with Crippen molar-refractivity contribution in [2.24, 2.45) is 5.92 Å². The van der Waals surface area contributed by atoms with Gasteiger partial charge in [0.15, 0.2) is 0 Å². The molecule has 1 aliphatic rings. The zero-order valence-electron chi connectivity index (χ0n) is 15.0. The summed E-state index contributed by atoms with van der Waals surface area (Å²) in [6.07, 6.45) is 5.92. The van der Waals surface area contributed by atoms with Crippen LogP contribution in [0.4, 0.5) is 0 Å². The molecule has 3 aromatic rings. The van der Waals surface area contributed by atoms with Gasteiger partial charge in [0.25, 0.3) is 0 Å². The number of benzene rings is 2. The van der Waals surface area contributed by atoms with Gasteiger partial charge in [0, 0.05) is 6.04 Å². The van der Waals surface area contributed by atoms with Crippen LogP contribution in [0, 0.1) is 5.92 Å². The third-order valence-electron chi connectivity index (χ3n) is 5.21. The summed E-state index contributed by atoms with van der Waals surface area (Å²) in [6.45, 7) is 0.609. The van der Waals surface area contributed by atoms with Crippen LogP contribution in [0.5, 0.6) is 0 Å². The van der Waals surface area contributed by atoms with Gasteiger partial charge in [-0.3, -0.25) is 0 Å². The van der Waals surface area contributed by atoms with Crippen molar-refractivity contribution in [1.82, 2.24) is 15.5 Å². The maximum Gasteiger partial charge on any atom is 0.230 e. The highest BCUT2D eigenvalue weighted by atomic mass is 16.4. The maximum atomic E-state index is 5.85. The van der Waals surface area contributed by atoms with Gasteiger partial charge in [-0.05, 0) is 29.9 Å². The largest absolute Gasteiger partial charge is 0.424 e. The van der Waals surface area contributed by atoms with Crippen molar-refractivity contribution in [2.45, 2.75) is 44.7 Å². The van der Waals surface area contributed by atoms with Crippen molar-refractivity contribution in [2.75, 3.05) is 0 Å². The predicted molar refractivity (Wildman–Crippen MR) is 102 cm³/mol. The number of hydrogen-bond acceptors (Lipinski definition) is 4. The van der Waals surface area contributed by atoms with Crippen LogP contribution in [-0.2, 0) is 13.0 Å². The Morgan fingerprint density at radius 2 is 1.54 bits per heavy atom. The molecule has 4 heteroatoms. The topological polar surface area (TPSA) is 51.0 Å². The first-order valence-corrected chi connectivity index (χ1v) is 9.52. The van der Waals surface area contributed by atoms with Gasteiger partial charge < -0.3 is 9.73 Å². The minimum atomic E-state index is 0.350. The first-order valence-electron chi connectivity index (χ1n) is 9.52. The summed E-state index contributed by atoms with van der Waals surface area (Å²) < 4.78 is 5.85. The van der Waals surface area contributed by atoms with Gasteiger partial charge in [0.2, 0.25) is 11.8 Å². The SMILES string of the molecule is c1ccc(Cc2nnc(CN[C@@H](c3ccccc3)C3CCCC3)o2)cc1. The molecule has 1 N–H and O–H groups in total. The zero-order valence-corrected chi connectivity index (χ0v) is 15.0. The first-order chi connectivity index (χ1) is 12.9. The van der Waals surface area contributed by atoms with E-state index in [1.54, 1.807) is 0 Å². The smallest absolute Gasteiger partial charge is 0.230 e. The summed E-state index contributed by atoms with van der Waals surface area (Å²) in [6, 6.07) is 21.3. The standard InChI is InChI=1S/C22H25N3O/c1-3-9-17(10-4-1)15-20-24-25-21(26-20)16-23-22(19-13-7-8-14-19)18-11-5-2-6-12-18/h1-6,9-12,19,22-23H,7-8,13-16H2/t22-/m0/s1. The van der Waals surface area contributed by atoms with Crippen LogP contribution in [0.1, 0.15) is 54.6 Å². The highest BCUT2D eigenvalue weighted by Gasteiger charge is 2.26. The van der Waals surface area contributed by atoms with Crippen molar-refractivity contribution >= 4 is 0 Å². The lowest BCUT2D eigenvalue weighted by molar-refractivity contribution is 0.342. The van der Waals surface area contributed by atoms with Crippen molar-refractivity contribution in [3.05, 3.63) is 83.6 Å². The molecular formula is C22H25N3O. The number of nitrogens with zero attached hydrogens (tertiary/aromatic N) is 2. The minimum Gasteiger partial charge on any atom is -0.424 e. The van der Waals surface area contributed by atoms with E-state index in [2.05, 4.69) is 58.0 Å². The number of nitrogens with one attached hydrogen (secondary N) is 1. The van der Waals surface area contributed by atoms with Gasteiger partial charge >= 0.3 is 0 Å². The van der Waals surface area contributed by atoms with Crippen LogP contribution in [0.15, 0.2) is 65.1 Å². The van der Waals surface area contributed by atoms with Gasteiger partial charge in [-0.25, -0.2) is 0 Å². The minimum absolute atomic E-state index is 0.350. The molecule has 0 bridgehead atoms. The molecule has 4 nitrogen and oxygen atoms in total. The van der Waals surface area contributed by atoms with E-state index in [0.717, 1.165) is 0 Å². The molecule has 134 valence electrons.